The number of rotatable bonds is 6. The van der Waals surface area contributed by atoms with Gasteiger partial charge in [0.2, 0.25) is 0 Å². The summed E-state index contributed by atoms with van der Waals surface area (Å²) < 4.78 is 6.41. The zero-order chi connectivity index (χ0) is 14.4. The summed E-state index contributed by atoms with van der Waals surface area (Å²) in [5.41, 5.74) is 0.565. The third kappa shape index (κ3) is 4.05. The van der Waals surface area contributed by atoms with Crippen LogP contribution in [0.15, 0.2) is 34.2 Å². The predicted molar refractivity (Wildman–Crippen MR) is 84.6 cm³/mol. The van der Waals surface area contributed by atoms with Crippen LogP contribution in [0.2, 0.25) is 0 Å². The van der Waals surface area contributed by atoms with Crippen molar-refractivity contribution < 1.29 is 9.53 Å². The van der Waals surface area contributed by atoms with E-state index in [0.717, 1.165) is 23.1 Å². The average molecular weight is 355 g/mol. The number of ether oxygens (including phenoxy) is 1. The molecule has 2 rings (SSSR count). The highest BCUT2D eigenvalue weighted by molar-refractivity contribution is 9.10. The molecule has 1 aromatic heterocycles. The first-order valence-electron chi connectivity index (χ1n) is 6.34. The quantitative estimate of drug-likeness (QED) is 0.785. The zero-order valence-corrected chi connectivity index (χ0v) is 13.5. The molecule has 0 spiro atoms. The number of hydrogen-bond donors (Lipinski definition) is 1. The van der Waals surface area contributed by atoms with E-state index < -0.39 is 0 Å². The number of hydrogen-bond acceptors (Lipinski definition) is 4. The molecule has 1 amide bonds. The number of amides is 1. The molecule has 0 saturated carbocycles. The van der Waals surface area contributed by atoms with Gasteiger partial charge in [0, 0.05) is 17.1 Å². The molecule has 0 fully saturated rings. The normalized spacial score (nSPS) is 10.3. The van der Waals surface area contributed by atoms with Crippen molar-refractivity contribution in [2.75, 3.05) is 11.9 Å². The van der Waals surface area contributed by atoms with Crippen LogP contribution in [0.4, 0.5) is 5.13 Å². The number of nitrogens with one attached hydrogen (secondary N) is 1. The standard InChI is InChI=1S/C14H15BrN2O2S/c1-2-3-7-19-12-5-4-10(9-11(12)15)13(18)17-14-16-6-8-20-14/h4-6,8-9H,2-3,7H2,1H3,(H,16,17,18). The molecular weight excluding hydrogens is 340 g/mol. The minimum absolute atomic E-state index is 0.180. The van der Waals surface area contributed by atoms with Gasteiger partial charge in [0.1, 0.15) is 5.75 Å². The topological polar surface area (TPSA) is 51.2 Å². The second-order valence-electron chi connectivity index (χ2n) is 4.14. The number of unbranched alkanes of at least 4 members (excludes halogenated alkanes) is 1. The minimum Gasteiger partial charge on any atom is -0.492 e. The average Bonchev–Trinajstić information content (AvgIpc) is 2.93. The van der Waals surface area contributed by atoms with Gasteiger partial charge in [-0.15, -0.1) is 11.3 Å². The van der Waals surface area contributed by atoms with Crippen LogP contribution in [0.25, 0.3) is 0 Å². The van der Waals surface area contributed by atoms with Gasteiger partial charge in [-0.2, -0.15) is 0 Å². The summed E-state index contributed by atoms with van der Waals surface area (Å²) in [7, 11) is 0. The van der Waals surface area contributed by atoms with Crippen LogP contribution < -0.4 is 10.1 Å². The van der Waals surface area contributed by atoms with Crippen molar-refractivity contribution in [1.82, 2.24) is 4.98 Å². The number of benzene rings is 1. The molecule has 20 heavy (non-hydrogen) atoms. The van der Waals surface area contributed by atoms with Crippen molar-refractivity contribution in [3.8, 4) is 5.75 Å². The first-order valence-corrected chi connectivity index (χ1v) is 8.01. The fourth-order valence-electron chi connectivity index (χ4n) is 1.54. The predicted octanol–water partition coefficient (Wildman–Crippen LogP) is 4.34. The van der Waals surface area contributed by atoms with Crippen molar-refractivity contribution in [2.24, 2.45) is 0 Å². The van der Waals surface area contributed by atoms with Crippen LogP contribution in [-0.2, 0) is 0 Å². The van der Waals surface area contributed by atoms with Gasteiger partial charge in [0.05, 0.1) is 11.1 Å². The van der Waals surface area contributed by atoms with Crippen LogP contribution in [0.5, 0.6) is 5.75 Å². The van der Waals surface area contributed by atoms with E-state index in [1.807, 2.05) is 5.38 Å². The molecule has 0 bridgehead atoms. The van der Waals surface area contributed by atoms with Crippen molar-refractivity contribution in [1.29, 1.82) is 0 Å². The number of thiazole rings is 1. The summed E-state index contributed by atoms with van der Waals surface area (Å²) in [6.07, 6.45) is 3.76. The van der Waals surface area contributed by atoms with E-state index in [1.54, 1.807) is 24.4 Å². The molecule has 0 atom stereocenters. The molecule has 1 aromatic carbocycles. The van der Waals surface area contributed by atoms with Crippen molar-refractivity contribution >= 4 is 38.3 Å². The molecule has 4 nitrogen and oxygen atoms in total. The number of carbonyl (C=O) groups is 1. The van der Waals surface area contributed by atoms with Crippen LogP contribution in [0.3, 0.4) is 0 Å². The summed E-state index contributed by atoms with van der Waals surface area (Å²) in [6, 6.07) is 5.30. The van der Waals surface area contributed by atoms with Gasteiger partial charge in [-0.05, 0) is 40.5 Å². The minimum atomic E-state index is -0.180. The Bertz CT molecular complexity index is 573. The van der Waals surface area contributed by atoms with Crippen LogP contribution >= 0.6 is 27.3 Å². The molecule has 0 aliphatic heterocycles. The smallest absolute Gasteiger partial charge is 0.257 e. The van der Waals surface area contributed by atoms with Crippen LogP contribution in [0, 0.1) is 0 Å². The molecule has 2 aromatic rings. The van der Waals surface area contributed by atoms with E-state index in [1.165, 1.54) is 11.3 Å². The maximum absolute atomic E-state index is 12.0. The third-order valence-electron chi connectivity index (χ3n) is 2.60. The van der Waals surface area contributed by atoms with E-state index >= 15 is 0 Å². The summed E-state index contributed by atoms with van der Waals surface area (Å²) >= 11 is 4.81. The Kier molecular flexibility index (Phi) is 5.55. The number of nitrogens with zero attached hydrogens (tertiary/aromatic N) is 1. The second-order valence-corrected chi connectivity index (χ2v) is 5.89. The summed E-state index contributed by atoms with van der Waals surface area (Å²) in [5, 5.41) is 5.15. The Balaban J connectivity index is 2.02. The molecule has 106 valence electrons. The van der Waals surface area contributed by atoms with Gasteiger partial charge in [0.25, 0.3) is 5.91 Å². The number of halogens is 1. The molecule has 6 heteroatoms. The number of aromatic nitrogens is 1. The first kappa shape index (κ1) is 15.0. The Hall–Kier alpha value is -1.40. The Morgan fingerprint density at radius 2 is 2.35 bits per heavy atom. The Labute approximate surface area is 130 Å². The number of anilines is 1. The summed E-state index contributed by atoms with van der Waals surface area (Å²) in [5.74, 6) is 0.574. The molecule has 1 heterocycles. The highest BCUT2D eigenvalue weighted by Gasteiger charge is 2.10. The monoisotopic (exact) mass is 354 g/mol. The van der Waals surface area contributed by atoms with E-state index in [2.05, 4.69) is 33.2 Å². The Morgan fingerprint density at radius 1 is 1.50 bits per heavy atom. The highest BCUT2D eigenvalue weighted by Crippen LogP contribution is 2.26. The van der Waals surface area contributed by atoms with Gasteiger partial charge >= 0.3 is 0 Å². The third-order valence-corrected chi connectivity index (χ3v) is 3.91. The second kappa shape index (κ2) is 7.40. The Morgan fingerprint density at radius 3 is 3.00 bits per heavy atom. The van der Waals surface area contributed by atoms with Gasteiger partial charge in [-0.3, -0.25) is 10.1 Å². The van der Waals surface area contributed by atoms with Crippen molar-refractivity contribution in [3.63, 3.8) is 0 Å². The largest absolute Gasteiger partial charge is 0.492 e. The summed E-state index contributed by atoms with van der Waals surface area (Å²) in [6.45, 7) is 2.80. The van der Waals surface area contributed by atoms with Crippen molar-refractivity contribution in [3.05, 3.63) is 39.8 Å². The summed E-state index contributed by atoms with van der Waals surface area (Å²) in [4.78, 5) is 16.1. The van der Waals surface area contributed by atoms with Gasteiger partial charge in [-0.25, -0.2) is 4.98 Å². The molecule has 0 aliphatic rings. The molecular formula is C14H15BrN2O2S. The lowest BCUT2D eigenvalue weighted by Gasteiger charge is -2.09. The van der Waals surface area contributed by atoms with E-state index in [9.17, 15) is 4.79 Å². The number of carbonyl (C=O) groups excluding carboxylic acids is 1. The molecule has 0 unspecified atom stereocenters. The lowest BCUT2D eigenvalue weighted by molar-refractivity contribution is 0.102. The first-order chi connectivity index (χ1) is 9.70. The lowest BCUT2D eigenvalue weighted by atomic mass is 10.2. The van der Waals surface area contributed by atoms with Crippen LogP contribution in [0.1, 0.15) is 30.1 Å². The SMILES string of the molecule is CCCCOc1ccc(C(=O)Nc2nccs2)cc1Br. The van der Waals surface area contributed by atoms with Gasteiger partial charge in [0.15, 0.2) is 5.13 Å². The highest BCUT2D eigenvalue weighted by atomic mass is 79.9. The lowest BCUT2D eigenvalue weighted by Crippen LogP contribution is -2.11. The van der Waals surface area contributed by atoms with Crippen LogP contribution in [-0.4, -0.2) is 17.5 Å². The maximum atomic E-state index is 12.0. The fourth-order valence-corrected chi connectivity index (χ4v) is 2.56. The van der Waals surface area contributed by atoms with E-state index in [0.29, 0.717) is 17.3 Å². The molecule has 0 aliphatic carbocycles. The van der Waals surface area contributed by atoms with Gasteiger partial charge in [-0.1, -0.05) is 13.3 Å². The van der Waals surface area contributed by atoms with E-state index in [-0.39, 0.29) is 5.91 Å². The van der Waals surface area contributed by atoms with Gasteiger partial charge < -0.3 is 4.74 Å². The fraction of sp³-hybridized carbons (Fsp3) is 0.286. The zero-order valence-electron chi connectivity index (χ0n) is 11.1. The molecule has 1 N–H and O–H groups in total. The maximum Gasteiger partial charge on any atom is 0.257 e. The van der Waals surface area contributed by atoms with Crippen molar-refractivity contribution in [2.45, 2.75) is 19.8 Å². The molecule has 0 saturated heterocycles. The molecule has 0 radical (unpaired) electrons. The van der Waals surface area contributed by atoms with E-state index in [4.69, 9.17) is 4.74 Å².